The van der Waals surface area contributed by atoms with E-state index >= 15 is 0 Å². The summed E-state index contributed by atoms with van der Waals surface area (Å²) in [5.74, 6) is 2.92. The minimum atomic E-state index is -0.142. The van der Waals surface area contributed by atoms with Gasteiger partial charge in [0.1, 0.15) is 0 Å². The van der Waals surface area contributed by atoms with Gasteiger partial charge in [-0.2, -0.15) is 0 Å². The third-order valence-corrected chi connectivity index (χ3v) is 19.4. The van der Waals surface area contributed by atoms with Crippen LogP contribution >= 0.6 is 0 Å². The Kier molecular flexibility index (Phi) is 10.1. The molecule has 1 nitrogen and oxygen atoms in total. The van der Waals surface area contributed by atoms with Gasteiger partial charge in [0.05, 0.1) is 5.69 Å². The third kappa shape index (κ3) is 6.70. The minimum Gasteiger partial charge on any atom is -0.310 e. The number of anilines is 3. The van der Waals surface area contributed by atoms with Crippen molar-refractivity contribution < 1.29 is 0 Å². The molecule has 0 atom stereocenters. The molecule has 0 unspecified atom stereocenters. The molecule has 4 bridgehead atoms. The van der Waals surface area contributed by atoms with E-state index in [4.69, 9.17) is 0 Å². The summed E-state index contributed by atoms with van der Waals surface area (Å²) in [7, 11) is 0. The van der Waals surface area contributed by atoms with Crippen LogP contribution < -0.4 is 4.90 Å². The van der Waals surface area contributed by atoms with E-state index in [-0.39, 0.29) is 16.2 Å². The van der Waals surface area contributed by atoms with Crippen molar-refractivity contribution in [2.45, 2.75) is 83.0 Å². The first kappa shape index (κ1) is 45.6. The quantitative estimate of drug-likeness (QED) is 0.154. The third-order valence-electron chi connectivity index (χ3n) is 19.4. The molecule has 16 rings (SSSR count). The Hall–Kier alpha value is -7.74. The summed E-state index contributed by atoms with van der Waals surface area (Å²) in [5, 5.41) is 2.50. The highest BCUT2D eigenvalue weighted by Crippen LogP contribution is 2.72. The van der Waals surface area contributed by atoms with Crippen molar-refractivity contribution in [3.63, 3.8) is 0 Å². The second-order valence-corrected chi connectivity index (χ2v) is 24.8. The number of nitrogens with zero attached hydrogens (tertiary/aromatic N) is 1. The fourth-order valence-electron chi connectivity index (χ4n) is 16.2. The van der Waals surface area contributed by atoms with E-state index in [2.05, 4.69) is 258 Å². The minimum absolute atomic E-state index is 0.0394. The largest absolute Gasteiger partial charge is 0.310 e. The van der Waals surface area contributed by atoms with Gasteiger partial charge >= 0.3 is 0 Å². The molecule has 0 aliphatic heterocycles. The lowest BCUT2D eigenvalue weighted by atomic mass is 9.42. The molecule has 0 saturated heterocycles. The predicted molar refractivity (Wildman–Crippen MR) is 320 cm³/mol. The maximum absolute atomic E-state index is 2.62. The highest BCUT2D eigenvalue weighted by Gasteiger charge is 2.62. The first-order valence-electron chi connectivity index (χ1n) is 28.3. The maximum atomic E-state index is 2.62. The van der Waals surface area contributed by atoms with Crippen molar-refractivity contribution in [1.29, 1.82) is 0 Å². The molecule has 6 aliphatic rings. The monoisotopic (exact) mass is 980 g/mol. The Morgan fingerprint density at radius 2 is 0.921 bits per heavy atom. The van der Waals surface area contributed by atoms with Gasteiger partial charge in [-0.3, -0.25) is 0 Å². The maximum Gasteiger partial charge on any atom is 0.0540 e. The van der Waals surface area contributed by atoms with Crippen molar-refractivity contribution in [2.75, 3.05) is 4.90 Å². The van der Waals surface area contributed by atoms with E-state index in [1.54, 1.807) is 11.1 Å². The topological polar surface area (TPSA) is 3.24 Å². The summed E-state index contributed by atoms with van der Waals surface area (Å²) in [6.07, 6.45) is 6.76. The molecular formula is C75H65N. The van der Waals surface area contributed by atoms with Crippen LogP contribution in [0.4, 0.5) is 17.1 Å². The summed E-state index contributed by atoms with van der Waals surface area (Å²) in [5.41, 5.74) is 26.7. The number of rotatable bonds is 7. The molecule has 0 radical (unpaired) electrons. The summed E-state index contributed by atoms with van der Waals surface area (Å²) < 4.78 is 0. The molecular weight excluding hydrogens is 915 g/mol. The first-order valence-corrected chi connectivity index (χ1v) is 28.3. The van der Waals surface area contributed by atoms with Crippen LogP contribution in [0.2, 0.25) is 0 Å². The number of hydrogen-bond acceptors (Lipinski definition) is 1. The average Bonchev–Trinajstić information content (AvgIpc) is 4.09. The number of benzene rings is 10. The smallest absolute Gasteiger partial charge is 0.0540 e. The summed E-state index contributed by atoms with van der Waals surface area (Å²) in [4.78, 5) is 2.53. The summed E-state index contributed by atoms with van der Waals surface area (Å²) in [6, 6.07) is 84.0. The van der Waals surface area contributed by atoms with Crippen LogP contribution in [0, 0.1) is 23.7 Å². The molecule has 1 spiro atoms. The molecule has 10 aromatic carbocycles. The number of hydrogen-bond donors (Lipinski definition) is 0. The van der Waals surface area contributed by atoms with Gasteiger partial charge in [-0.05, 0) is 198 Å². The molecule has 0 N–H and O–H groups in total. The zero-order valence-electron chi connectivity index (χ0n) is 44.6. The van der Waals surface area contributed by atoms with Gasteiger partial charge in [-0.15, -0.1) is 0 Å². The average molecular weight is 980 g/mol. The zero-order valence-corrected chi connectivity index (χ0v) is 44.6. The van der Waals surface area contributed by atoms with Gasteiger partial charge in [0.2, 0.25) is 0 Å². The van der Waals surface area contributed by atoms with Crippen LogP contribution in [0.1, 0.15) is 94.5 Å². The van der Waals surface area contributed by atoms with Crippen molar-refractivity contribution in [3.8, 4) is 66.8 Å². The van der Waals surface area contributed by atoms with Gasteiger partial charge in [0.15, 0.2) is 0 Å². The van der Waals surface area contributed by atoms with Crippen LogP contribution in [0.25, 0.3) is 77.5 Å². The fourth-order valence-corrected chi connectivity index (χ4v) is 16.2. The lowest BCUT2D eigenvalue weighted by molar-refractivity contribution is -0.0397. The van der Waals surface area contributed by atoms with Crippen molar-refractivity contribution >= 4 is 27.8 Å². The summed E-state index contributed by atoms with van der Waals surface area (Å²) >= 11 is 0. The zero-order chi connectivity index (χ0) is 51.1. The van der Waals surface area contributed by atoms with Gasteiger partial charge in [0.25, 0.3) is 0 Å². The Bertz CT molecular complexity index is 3900. The van der Waals surface area contributed by atoms with Crippen LogP contribution in [-0.4, -0.2) is 0 Å². The molecule has 76 heavy (non-hydrogen) atoms. The predicted octanol–water partition coefficient (Wildman–Crippen LogP) is 20.3. The Labute approximate surface area is 450 Å². The van der Waals surface area contributed by atoms with Crippen LogP contribution in [0.3, 0.4) is 0 Å². The molecule has 0 amide bonds. The van der Waals surface area contributed by atoms with E-state index in [9.17, 15) is 0 Å². The lowest BCUT2D eigenvalue weighted by Gasteiger charge is -2.61. The highest BCUT2D eigenvalue weighted by molar-refractivity contribution is 6.11. The van der Waals surface area contributed by atoms with Crippen molar-refractivity contribution in [2.24, 2.45) is 23.7 Å². The first-order chi connectivity index (χ1) is 37.1. The standard InChI is InChI=1S/C75H65N/c1-73(2,3)53-32-28-52(29-33-53)70-65(46-64(51-20-10-7-11-21-51)71-63-25-15-17-27-67(63)75(72(70)71)54-41-47-40-48(43-54)44-55(75)42-47)59-38-39-69(62-24-13-12-22-58(59)62)76(56-34-30-50(31-35-56)49-18-8-6-9-19-49)57-36-37-61-60-23-14-16-26-66(60)74(4,5)68(61)45-57/h6-39,45-48,54-55H,40-44H2,1-5H3. The van der Waals surface area contributed by atoms with E-state index in [1.165, 1.54) is 132 Å². The molecule has 4 fully saturated rings. The Morgan fingerprint density at radius 1 is 0.382 bits per heavy atom. The van der Waals surface area contributed by atoms with Gasteiger partial charge in [-0.25, -0.2) is 0 Å². The van der Waals surface area contributed by atoms with Gasteiger partial charge in [0, 0.05) is 27.6 Å². The second kappa shape index (κ2) is 16.9. The molecule has 6 aliphatic carbocycles. The van der Waals surface area contributed by atoms with Crippen LogP contribution in [-0.2, 0) is 16.2 Å². The molecule has 10 aromatic rings. The van der Waals surface area contributed by atoms with Crippen LogP contribution in [0.5, 0.6) is 0 Å². The van der Waals surface area contributed by atoms with E-state index < -0.39 is 0 Å². The highest BCUT2D eigenvalue weighted by atomic mass is 15.1. The van der Waals surface area contributed by atoms with Crippen molar-refractivity contribution in [1.82, 2.24) is 0 Å². The van der Waals surface area contributed by atoms with Crippen LogP contribution in [0.15, 0.2) is 218 Å². The molecule has 1 heteroatoms. The second-order valence-electron chi connectivity index (χ2n) is 24.8. The summed E-state index contributed by atoms with van der Waals surface area (Å²) in [6.45, 7) is 11.8. The van der Waals surface area contributed by atoms with E-state index in [0.717, 1.165) is 23.2 Å². The molecule has 4 saturated carbocycles. The number of fused-ring (bicyclic) bond motifs is 7. The van der Waals surface area contributed by atoms with Gasteiger partial charge in [-0.1, -0.05) is 217 Å². The molecule has 0 aromatic heterocycles. The SMILES string of the molecule is CC(C)(C)c1ccc(-c2c(-c3ccc(N(c4ccc(-c5ccccc5)cc4)c4ccc5c(c4)C(C)(C)c4ccccc4-5)c4ccccc34)cc(-c3ccccc3)c3c2C2(c4ccccc4-3)C3CC4CC(C3)CC2C4)cc1. The lowest BCUT2D eigenvalue weighted by Crippen LogP contribution is -2.55. The van der Waals surface area contributed by atoms with Crippen molar-refractivity contribution in [3.05, 3.63) is 246 Å². The van der Waals surface area contributed by atoms with E-state index in [1.807, 2.05) is 0 Å². The Balaban J connectivity index is 1.01. The molecule has 370 valence electrons. The van der Waals surface area contributed by atoms with Gasteiger partial charge < -0.3 is 4.90 Å². The normalized spacial score (nSPS) is 21.1. The van der Waals surface area contributed by atoms with E-state index in [0.29, 0.717) is 11.8 Å². The molecule has 0 heterocycles. The Morgan fingerprint density at radius 3 is 1.61 bits per heavy atom. The fraction of sp³-hybridized carbons (Fsp3) is 0.227.